The molecule has 0 bridgehead atoms. The third kappa shape index (κ3) is 2.67. The maximum atomic E-state index is 6.49. The third-order valence-electron chi connectivity index (χ3n) is 8.61. The molecule has 0 atom stereocenters. The van der Waals surface area contributed by atoms with E-state index in [-0.39, 0.29) is 6.71 Å². The van der Waals surface area contributed by atoms with Crippen molar-refractivity contribution in [1.82, 2.24) is 14.5 Å². The van der Waals surface area contributed by atoms with Gasteiger partial charge in [-0.25, -0.2) is 0 Å². The number of ether oxygens (including phenoxy) is 2. The maximum absolute atomic E-state index is 6.49. The number of aromatic nitrogens is 3. The Bertz CT molecular complexity index is 2130. The van der Waals surface area contributed by atoms with Crippen LogP contribution in [-0.4, -0.2) is 21.2 Å². The quantitative estimate of drug-likeness (QED) is 0.256. The molecule has 0 unspecified atom stereocenters. The van der Waals surface area contributed by atoms with Crippen LogP contribution in [-0.2, 0) is 0 Å². The van der Waals surface area contributed by atoms with E-state index in [9.17, 15) is 0 Å². The molecule has 3 aliphatic heterocycles. The average Bonchev–Trinajstić information content (AvgIpc) is 3.36. The van der Waals surface area contributed by atoms with Crippen LogP contribution in [0.1, 0.15) is 0 Å². The predicted molar refractivity (Wildman–Crippen MR) is 162 cm³/mol. The van der Waals surface area contributed by atoms with Crippen molar-refractivity contribution in [3.05, 3.63) is 116 Å². The molecule has 0 saturated heterocycles. The molecule has 0 spiro atoms. The number of pyridine rings is 2. The Balaban J connectivity index is 1.24. The van der Waals surface area contributed by atoms with Gasteiger partial charge in [0.1, 0.15) is 23.0 Å². The Labute approximate surface area is 235 Å². The van der Waals surface area contributed by atoms with Crippen molar-refractivity contribution in [3.63, 3.8) is 0 Å². The fraction of sp³-hybridized carbons (Fsp3) is 0. The summed E-state index contributed by atoms with van der Waals surface area (Å²) in [7, 11) is 0. The molecule has 0 aliphatic carbocycles. The van der Waals surface area contributed by atoms with Crippen molar-refractivity contribution in [1.29, 1.82) is 0 Å². The van der Waals surface area contributed by atoms with Crippen molar-refractivity contribution in [2.75, 3.05) is 4.90 Å². The van der Waals surface area contributed by atoms with Gasteiger partial charge in [0, 0.05) is 63.8 Å². The van der Waals surface area contributed by atoms with E-state index in [1.165, 1.54) is 10.9 Å². The van der Waals surface area contributed by atoms with Gasteiger partial charge in [0.05, 0.1) is 11.0 Å². The first-order chi connectivity index (χ1) is 20.3. The highest BCUT2D eigenvalue weighted by atomic mass is 16.5. The van der Waals surface area contributed by atoms with E-state index < -0.39 is 0 Å². The van der Waals surface area contributed by atoms with Crippen molar-refractivity contribution >= 4 is 62.0 Å². The summed E-state index contributed by atoms with van der Waals surface area (Å²) in [6.07, 6.45) is 7.53. The van der Waals surface area contributed by atoms with Gasteiger partial charge in [-0.2, -0.15) is 0 Å². The van der Waals surface area contributed by atoms with Gasteiger partial charge >= 0.3 is 0 Å². The van der Waals surface area contributed by atoms with Crippen molar-refractivity contribution in [2.24, 2.45) is 0 Å². The zero-order valence-electron chi connectivity index (χ0n) is 21.7. The molecule has 4 aromatic carbocycles. The van der Waals surface area contributed by atoms with Crippen LogP contribution in [0.5, 0.6) is 23.0 Å². The highest BCUT2D eigenvalue weighted by molar-refractivity contribution is 7.00. The largest absolute Gasteiger partial charge is 0.458 e. The van der Waals surface area contributed by atoms with Crippen molar-refractivity contribution in [2.45, 2.75) is 0 Å². The first kappa shape index (κ1) is 21.3. The summed E-state index contributed by atoms with van der Waals surface area (Å²) in [5.74, 6) is 3.51. The normalized spacial score (nSPS) is 13.7. The molecule has 0 N–H and O–H groups in total. The van der Waals surface area contributed by atoms with E-state index in [1.54, 1.807) is 0 Å². The number of anilines is 3. The van der Waals surface area contributed by atoms with Crippen LogP contribution in [0.15, 0.2) is 116 Å². The minimum Gasteiger partial charge on any atom is -0.458 e. The number of fused-ring (bicyclic) bond motifs is 3. The Morgan fingerprint density at radius 1 is 0.537 bits per heavy atom. The van der Waals surface area contributed by atoms with Crippen molar-refractivity contribution < 1.29 is 9.47 Å². The second-order valence-corrected chi connectivity index (χ2v) is 10.7. The molecule has 0 fully saturated rings. The van der Waals surface area contributed by atoms with Crippen LogP contribution in [0, 0.1) is 0 Å². The maximum Gasteiger partial charge on any atom is 0.266 e. The predicted octanol–water partition coefficient (Wildman–Crippen LogP) is 6.08. The second kappa shape index (κ2) is 7.55. The van der Waals surface area contributed by atoms with Crippen LogP contribution >= 0.6 is 0 Å². The summed E-state index contributed by atoms with van der Waals surface area (Å²) in [6.45, 7) is 0.0536. The highest BCUT2D eigenvalue weighted by Crippen LogP contribution is 2.45. The van der Waals surface area contributed by atoms with Gasteiger partial charge in [-0.15, -0.1) is 0 Å². The first-order valence-electron chi connectivity index (χ1n) is 13.7. The molecule has 7 aromatic rings. The summed E-state index contributed by atoms with van der Waals surface area (Å²) in [4.78, 5) is 11.1. The van der Waals surface area contributed by atoms with Gasteiger partial charge in [0.25, 0.3) is 6.71 Å². The Kier molecular flexibility index (Phi) is 3.92. The second-order valence-electron chi connectivity index (χ2n) is 10.7. The molecular formula is C34H19BN4O2. The molecule has 6 nitrogen and oxygen atoms in total. The minimum absolute atomic E-state index is 0.0536. The number of hydrogen-bond acceptors (Lipinski definition) is 5. The Morgan fingerprint density at radius 3 is 1.66 bits per heavy atom. The third-order valence-corrected chi connectivity index (χ3v) is 8.61. The minimum atomic E-state index is 0.0536. The molecule has 41 heavy (non-hydrogen) atoms. The molecule has 0 saturated carbocycles. The lowest BCUT2D eigenvalue weighted by atomic mass is 9.33. The van der Waals surface area contributed by atoms with Crippen LogP contribution < -0.4 is 30.8 Å². The van der Waals surface area contributed by atoms with Gasteiger partial charge in [-0.05, 0) is 77.7 Å². The molecule has 10 rings (SSSR count). The van der Waals surface area contributed by atoms with E-state index in [4.69, 9.17) is 9.47 Å². The summed E-state index contributed by atoms with van der Waals surface area (Å²) in [5.41, 5.74) is 10.0. The van der Waals surface area contributed by atoms with Crippen molar-refractivity contribution in [3.8, 4) is 28.7 Å². The van der Waals surface area contributed by atoms with Crippen LogP contribution in [0.4, 0.5) is 17.1 Å². The molecule has 190 valence electrons. The van der Waals surface area contributed by atoms with Gasteiger partial charge in [-0.3, -0.25) is 9.97 Å². The Hall–Kier alpha value is -5.56. The van der Waals surface area contributed by atoms with E-state index in [1.807, 2.05) is 43.0 Å². The van der Waals surface area contributed by atoms with Crippen LogP contribution in [0.3, 0.4) is 0 Å². The number of nitrogens with zero attached hydrogens (tertiary/aromatic N) is 4. The smallest absolute Gasteiger partial charge is 0.266 e. The van der Waals surface area contributed by atoms with E-state index in [0.717, 1.165) is 73.0 Å². The monoisotopic (exact) mass is 526 g/mol. The molecule has 7 heteroatoms. The van der Waals surface area contributed by atoms with Gasteiger partial charge in [-0.1, -0.05) is 24.3 Å². The van der Waals surface area contributed by atoms with Gasteiger partial charge < -0.3 is 18.9 Å². The number of rotatable bonds is 2. The van der Waals surface area contributed by atoms with Crippen LogP contribution in [0.2, 0.25) is 0 Å². The van der Waals surface area contributed by atoms with E-state index in [0.29, 0.717) is 0 Å². The molecule has 3 aromatic heterocycles. The first-order valence-corrected chi connectivity index (χ1v) is 13.7. The van der Waals surface area contributed by atoms with Gasteiger partial charge in [0.2, 0.25) is 0 Å². The average molecular weight is 526 g/mol. The zero-order valence-corrected chi connectivity index (χ0v) is 21.7. The fourth-order valence-corrected chi connectivity index (χ4v) is 7.04. The standard InChI is InChI=1S/C34H19BN4O2/c1-5-20(38-24-13-15-36-18-22(24)23-19-37-16-14-25(23)38)17-21(6-1)39-26-7-2-9-28-32(26)35-33-27(39)8-3-10-29(33)41-31-12-4-11-30(40-28)34(31)35/h1-19H. The number of hydrogen-bond donors (Lipinski definition) is 0. The topological polar surface area (TPSA) is 52.4 Å². The molecule has 6 heterocycles. The molecule has 3 aliphatic rings. The lowest BCUT2D eigenvalue weighted by Gasteiger charge is -2.42. The summed E-state index contributed by atoms with van der Waals surface area (Å²) in [6, 6.07) is 31.6. The number of benzene rings is 4. The summed E-state index contributed by atoms with van der Waals surface area (Å²) in [5, 5.41) is 2.17. The van der Waals surface area contributed by atoms with E-state index >= 15 is 0 Å². The molecule has 0 amide bonds. The Morgan fingerprint density at radius 2 is 1.05 bits per heavy atom. The zero-order chi connectivity index (χ0) is 26.7. The fourth-order valence-electron chi connectivity index (χ4n) is 7.04. The van der Waals surface area contributed by atoms with Crippen LogP contribution in [0.25, 0.3) is 27.5 Å². The summed E-state index contributed by atoms with van der Waals surface area (Å²) < 4.78 is 15.3. The lowest BCUT2D eigenvalue weighted by Crippen LogP contribution is -2.61. The SMILES string of the molecule is c1cc(N2c3cccc4c3B3c5c(cccc5Oc5cccc2c53)O4)cc(-n2c3ccncc3c3cnccc32)c1. The highest BCUT2D eigenvalue weighted by Gasteiger charge is 2.47. The molecular weight excluding hydrogens is 507 g/mol. The van der Waals surface area contributed by atoms with E-state index in [2.05, 4.69) is 92.2 Å². The molecule has 0 radical (unpaired) electrons. The summed E-state index contributed by atoms with van der Waals surface area (Å²) >= 11 is 0. The lowest BCUT2D eigenvalue weighted by molar-refractivity contribution is 0.464. The van der Waals surface area contributed by atoms with Gasteiger partial charge in [0.15, 0.2) is 0 Å².